The number of ether oxygens (including phenoxy) is 1. The monoisotopic (exact) mass is 367 g/mol. The molecule has 7 heteroatoms. The summed E-state index contributed by atoms with van der Waals surface area (Å²) in [5, 5.41) is 8.20. The van der Waals surface area contributed by atoms with Crippen LogP contribution in [0, 0.1) is 5.92 Å². The number of carbonyl (C=O) groups is 3. The third kappa shape index (κ3) is 5.85. The van der Waals surface area contributed by atoms with Crippen LogP contribution in [0.15, 0.2) is 48.5 Å². The van der Waals surface area contributed by atoms with Crippen LogP contribution in [0.4, 0.5) is 17.1 Å². The van der Waals surface area contributed by atoms with Gasteiger partial charge in [0.2, 0.25) is 11.8 Å². The summed E-state index contributed by atoms with van der Waals surface area (Å²) in [6, 6.07) is 13.8. The maximum Gasteiger partial charge on any atom is 0.262 e. The number of carbonyl (C=O) groups excluding carboxylic acids is 3. The zero-order valence-corrected chi connectivity index (χ0v) is 15.0. The van der Waals surface area contributed by atoms with E-state index in [1.165, 1.54) is 6.92 Å². The zero-order chi connectivity index (χ0) is 19.2. The van der Waals surface area contributed by atoms with E-state index < -0.39 is 0 Å². The molecule has 0 spiro atoms. The number of amides is 3. The van der Waals surface area contributed by atoms with Crippen molar-refractivity contribution in [3.8, 4) is 5.75 Å². The fourth-order valence-corrected chi connectivity index (χ4v) is 2.48. The van der Waals surface area contributed by atoms with Gasteiger partial charge in [-0.2, -0.15) is 0 Å². The Balaban J connectivity index is 1.51. The average molecular weight is 367 g/mol. The van der Waals surface area contributed by atoms with E-state index in [-0.39, 0.29) is 30.2 Å². The molecule has 3 amide bonds. The normalized spacial score (nSPS) is 12.8. The van der Waals surface area contributed by atoms with E-state index in [0.717, 1.165) is 12.8 Å². The van der Waals surface area contributed by atoms with Crippen molar-refractivity contribution >= 4 is 34.8 Å². The molecule has 3 N–H and O–H groups in total. The lowest BCUT2D eigenvalue weighted by Gasteiger charge is -2.10. The van der Waals surface area contributed by atoms with Crippen LogP contribution in [0.1, 0.15) is 19.8 Å². The summed E-state index contributed by atoms with van der Waals surface area (Å²) in [4.78, 5) is 35.0. The number of anilines is 3. The molecule has 7 nitrogen and oxygen atoms in total. The molecular formula is C20H21N3O4. The molecule has 1 saturated carbocycles. The third-order valence-electron chi connectivity index (χ3n) is 3.89. The molecule has 0 saturated heterocycles. The number of nitrogens with one attached hydrogen (secondary N) is 3. The van der Waals surface area contributed by atoms with Crippen LogP contribution in [-0.2, 0) is 14.4 Å². The fraction of sp³-hybridized carbons (Fsp3) is 0.250. The van der Waals surface area contributed by atoms with Crippen LogP contribution in [0.25, 0.3) is 0 Å². The van der Waals surface area contributed by atoms with Gasteiger partial charge in [-0.15, -0.1) is 0 Å². The topological polar surface area (TPSA) is 96.5 Å². The quantitative estimate of drug-likeness (QED) is 0.701. The van der Waals surface area contributed by atoms with Crippen molar-refractivity contribution in [1.82, 2.24) is 0 Å². The van der Waals surface area contributed by atoms with Crippen LogP contribution in [-0.4, -0.2) is 24.3 Å². The Morgan fingerprint density at radius 3 is 2.22 bits per heavy atom. The molecule has 3 rings (SSSR count). The zero-order valence-electron chi connectivity index (χ0n) is 15.0. The predicted octanol–water partition coefficient (Wildman–Crippen LogP) is 3.01. The highest BCUT2D eigenvalue weighted by molar-refractivity contribution is 5.95. The molecule has 2 aromatic carbocycles. The summed E-state index contributed by atoms with van der Waals surface area (Å²) in [7, 11) is 0. The first-order valence-corrected chi connectivity index (χ1v) is 8.71. The van der Waals surface area contributed by atoms with Gasteiger partial charge in [-0.05, 0) is 43.2 Å². The predicted molar refractivity (Wildman–Crippen MR) is 103 cm³/mol. The van der Waals surface area contributed by atoms with Gasteiger partial charge in [0.25, 0.3) is 5.91 Å². The van der Waals surface area contributed by atoms with Crippen molar-refractivity contribution in [2.75, 3.05) is 22.6 Å². The van der Waals surface area contributed by atoms with Crippen LogP contribution in [0.5, 0.6) is 5.75 Å². The first kappa shape index (κ1) is 18.4. The smallest absolute Gasteiger partial charge is 0.262 e. The van der Waals surface area contributed by atoms with Gasteiger partial charge in [0.05, 0.1) is 0 Å². The van der Waals surface area contributed by atoms with Crippen molar-refractivity contribution in [3.63, 3.8) is 0 Å². The van der Waals surface area contributed by atoms with Gasteiger partial charge in [-0.1, -0.05) is 12.1 Å². The Bertz CT molecular complexity index is 862. The number of rotatable bonds is 7. The number of hydrogen-bond donors (Lipinski definition) is 3. The molecule has 1 aliphatic rings. The molecule has 0 unspecified atom stereocenters. The van der Waals surface area contributed by atoms with Crippen molar-refractivity contribution < 1.29 is 19.1 Å². The highest BCUT2D eigenvalue weighted by Crippen LogP contribution is 2.30. The Kier molecular flexibility index (Phi) is 5.71. The molecule has 0 heterocycles. The maximum absolute atomic E-state index is 12.1. The molecule has 1 fully saturated rings. The highest BCUT2D eigenvalue weighted by atomic mass is 16.5. The van der Waals surface area contributed by atoms with Gasteiger partial charge in [-0.25, -0.2) is 0 Å². The van der Waals surface area contributed by atoms with Crippen molar-refractivity contribution in [2.24, 2.45) is 5.92 Å². The first-order chi connectivity index (χ1) is 13.0. The molecule has 27 heavy (non-hydrogen) atoms. The molecule has 0 aliphatic heterocycles. The Morgan fingerprint density at radius 1 is 0.926 bits per heavy atom. The van der Waals surface area contributed by atoms with Crippen molar-refractivity contribution in [2.45, 2.75) is 19.8 Å². The lowest BCUT2D eigenvalue weighted by Crippen LogP contribution is -2.20. The van der Waals surface area contributed by atoms with Gasteiger partial charge in [0.1, 0.15) is 5.75 Å². The van der Waals surface area contributed by atoms with E-state index in [2.05, 4.69) is 16.0 Å². The number of benzene rings is 2. The Morgan fingerprint density at radius 2 is 1.56 bits per heavy atom. The van der Waals surface area contributed by atoms with Gasteiger partial charge in [0.15, 0.2) is 6.61 Å². The maximum atomic E-state index is 12.1. The van der Waals surface area contributed by atoms with Gasteiger partial charge in [-0.3, -0.25) is 14.4 Å². The lowest BCUT2D eigenvalue weighted by atomic mass is 10.2. The van der Waals surface area contributed by atoms with Gasteiger partial charge < -0.3 is 20.7 Å². The summed E-state index contributed by atoms with van der Waals surface area (Å²) >= 11 is 0. The minimum atomic E-state index is -0.331. The second-order valence-corrected chi connectivity index (χ2v) is 6.39. The van der Waals surface area contributed by atoms with E-state index in [4.69, 9.17) is 4.74 Å². The summed E-state index contributed by atoms with van der Waals surface area (Å²) in [6.45, 7) is 1.24. The van der Waals surface area contributed by atoms with E-state index in [9.17, 15) is 14.4 Å². The summed E-state index contributed by atoms with van der Waals surface area (Å²) < 4.78 is 5.50. The van der Waals surface area contributed by atoms with E-state index >= 15 is 0 Å². The van der Waals surface area contributed by atoms with Crippen LogP contribution in [0.2, 0.25) is 0 Å². The summed E-state index contributed by atoms with van der Waals surface area (Å²) in [5.41, 5.74) is 1.80. The molecule has 0 atom stereocenters. The molecule has 2 aromatic rings. The molecular weight excluding hydrogens is 346 g/mol. The van der Waals surface area contributed by atoms with Crippen LogP contribution < -0.4 is 20.7 Å². The third-order valence-corrected chi connectivity index (χ3v) is 3.89. The Hall–Kier alpha value is -3.35. The standard InChI is InChI=1S/C20H21N3O4/c1-13(24)21-15-4-2-5-16(10-15)22-19(25)12-27-18-7-3-6-17(11-18)23-20(26)14-8-9-14/h2-7,10-11,14H,8-9,12H2,1H3,(H,21,24)(H,22,25)(H,23,26). The summed E-state index contributed by atoms with van der Waals surface area (Å²) in [5.74, 6) is 0.112. The molecule has 1 aliphatic carbocycles. The molecule has 0 aromatic heterocycles. The largest absolute Gasteiger partial charge is 0.484 e. The highest BCUT2D eigenvalue weighted by Gasteiger charge is 2.29. The molecule has 140 valence electrons. The van der Waals surface area contributed by atoms with Gasteiger partial charge >= 0.3 is 0 Å². The minimum Gasteiger partial charge on any atom is -0.484 e. The van der Waals surface area contributed by atoms with Crippen LogP contribution >= 0.6 is 0 Å². The van der Waals surface area contributed by atoms with E-state index in [1.54, 1.807) is 48.5 Å². The minimum absolute atomic E-state index is 0.0175. The van der Waals surface area contributed by atoms with E-state index in [1.807, 2.05) is 0 Å². The second kappa shape index (κ2) is 8.35. The summed E-state index contributed by atoms with van der Waals surface area (Å²) in [6.07, 6.45) is 1.87. The number of hydrogen-bond acceptors (Lipinski definition) is 4. The average Bonchev–Trinajstić information content (AvgIpc) is 3.45. The van der Waals surface area contributed by atoms with Crippen LogP contribution in [0.3, 0.4) is 0 Å². The Labute approximate surface area is 157 Å². The first-order valence-electron chi connectivity index (χ1n) is 8.71. The van der Waals surface area contributed by atoms with Gasteiger partial charge in [0, 0.05) is 36.0 Å². The fourth-order valence-electron chi connectivity index (χ4n) is 2.48. The van der Waals surface area contributed by atoms with Crippen molar-refractivity contribution in [1.29, 1.82) is 0 Å². The second-order valence-electron chi connectivity index (χ2n) is 6.39. The van der Waals surface area contributed by atoms with E-state index in [0.29, 0.717) is 22.8 Å². The lowest BCUT2D eigenvalue weighted by molar-refractivity contribution is -0.118. The molecule has 0 bridgehead atoms. The SMILES string of the molecule is CC(=O)Nc1cccc(NC(=O)COc2cccc(NC(=O)C3CC3)c2)c1. The van der Waals surface area contributed by atoms with Crippen molar-refractivity contribution in [3.05, 3.63) is 48.5 Å². The molecule has 0 radical (unpaired) electrons.